The first-order valence-electron chi connectivity index (χ1n) is 7.45. The van der Waals surface area contributed by atoms with E-state index in [-0.39, 0.29) is 5.91 Å². The van der Waals surface area contributed by atoms with Gasteiger partial charge in [0.25, 0.3) is 5.91 Å². The van der Waals surface area contributed by atoms with E-state index in [1.165, 1.54) is 6.39 Å². The first kappa shape index (κ1) is 14.2. The number of anilines is 1. The number of nitrogens with zero attached hydrogens (tertiary/aromatic N) is 3. The van der Waals surface area contributed by atoms with Crippen LogP contribution in [-0.4, -0.2) is 20.7 Å². The van der Waals surface area contributed by atoms with Gasteiger partial charge in [0.2, 0.25) is 12.3 Å². The van der Waals surface area contributed by atoms with Gasteiger partial charge in [-0.2, -0.15) is 0 Å². The summed E-state index contributed by atoms with van der Waals surface area (Å²) < 4.78 is 7.07. The Balaban J connectivity index is 1.64. The average Bonchev–Trinajstić information content (AvgIpc) is 3.24. The first-order chi connectivity index (χ1) is 11.7. The summed E-state index contributed by atoms with van der Waals surface area (Å²) in [6.07, 6.45) is 1.27. The zero-order valence-corrected chi connectivity index (χ0v) is 12.9. The van der Waals surface area contributed by atoms with Crippen molar-refractivity contribution >= 4 is 22.5 Å². The van der Waals surface area contributed by atoms with Crippen LogP contribution >= 0.6 is 0 Å². The molecule has 0 spiro atoms. The minimum absolute atomic E-state index is 0.170. The molecule has 4 aromatic rings. The standard InChI is InChI=1S/C18H14N4O2/c1-22-15-8-3-2-5-12(15)10-16(22)17(23)20-14-7-4-6-13(9-14)18-21-19-11-24-18/h2-11H,1H3,(H,20,23). The summed E-state index contributed by atoms with van der Waals surface area (Å²) in [5, 5.41) is 11.5. The fourth-order valence-corrected chi connectivity index (χ4v) is 2.73. The largest absolute Gasteiger partial charge is 0.423 e. The molecule has 6 nitrogen and oxygen atoms in total. The Morgan fingerprint density at radius 3 is 2.79 bits per heavy atom. The molecule has 0 aliphatic carbocycles. The van der Waals surface area contributed by atoms with Crippen molar-refractivity contribution in [1.82, 2.24) is 14.8 Å². The quantitative estimate of drug-likeness (QED) is 0.627. The van der Waals surface area contributed by atoms with Gasteiger partial charge in [0.1, 0.15) is 5.69 Å². The van der Waals surface area contributed by atoms with Crippen LogP contribution < -0.4 is 5.32 Å². The molecule has 4 rings (SSSR count). The van der Waals surface area contributed by atoms with Crippen molar-refractivity contribution in [2.24, 2.45) is 7.05 Å². The molecular formula is C18H14N4O2. The monoisotopic (exact) mass is 318 g/mol. The van der Waals surface area contributed by atoms with Gasteiger partial charge in [0, 0.05) is 29.2 Å². The maximum atomic E-state index is 12.6. The molecule has 0 fully saturated rings. The van der Waals surface area contributed by atoms with Crippen molar-refractivity contribution in [1.29, 1.82) is 0 Å². The molecule has 2 aromatic heterocycles. The number of fused-ring (bicyclic) bond motifs is 1. The number of amides is 1. The summed E-state index contributed by atoms with van der Waals surface area (Å²) in [4.78, 5) is 12.6. The van der Waals surface area contributed by atoms with Crippen molar-refractivity contribution < 1.29 is 9.21 Å². The van der Waals surface area contributed by atoms with E-state index >= 15 is 0 Å². The molecule has 1 amide bonds. The molecule has 2 aromatic carbocycles. The molecular weight excluding hydrogens is 304 g/mol. The fraction of sp³-hybridized carbons (Fsp3) is 0.0556. The van der Waals surface area contributed by atoms with Gasteiger partial charge in [0.15, 0.2) is 0 Å². The highest BCUT2D eigenvalue weighted by Crippen LogP contribution is 2.22. The third kappa shape index (κ3) is 2.44. The zero-order chi connectivity index (χ0) is 16.5. The third-order valence-electron chi connectivity index (χ3n) is 3.91. The van der Waals surface area contributed by atoms with Gasteiger partial charge in [-0.25, -0.2) is 0 Å². The minimum atomic E-state index is -0.170. The van der Waals surface area contributed by atoms with E-state index in [0.717, 1.165) is 16.5 Å². The van der Waals surface area contributed by atoms with Gasteiger partial charge in [-0.05, 0) is 30.3 Å². The Bertz CT molecular complexity index is 1020. The Labute approximate surface area is 137 Å². The average molecular weight is 318 g/mol. The van der Waals surface area contributed by atoms with Crippen LogP contribution in [0.15, 0.2) is 65.4 Å². The molecule has 1 N–H and O–H groups in total. The second-order valence-corrected chi connectivity index (χ2v) is 5.43. The summed E-state index contributed by atoms with van der Waals surface area (Å²) >= 11 is 0. The second kappa shape index (κ2) is 5.66. The van der Waals surface area contributed by atoms with Gasteiger partial charge >= 0.3 is 0 Å². The summed E-state index contributed by atoms with van der Waals surface area (Å²) in [7, 11) is 1.88. The number of aryl methyl sites for hydroxylation is 1. The van der Waals surface area contributed by atoms with Gasteiger partial charge in [-0.3, -0.25) is 4.79 Å². The fourth-order valence-electron chi connectivity index (χ4n) is 2.73. The number of aromatic nitrogens is 3. The number of carbonyl (C=O) groups is 1. The molecule has 0 radical (unpaired) electrons. The molecule has 118 valence electrons. The molecule has 0 atom stereocenters. The highest BCUT2D eigenvalue weighted by Gasteiger charge is 2.14. The number of rotatable bonds is 3. The summed E-state index contributed by atoms with van der Waals surface area (Å²) in [6, 6.07) is 17.1. The van der Waals surface area contributed by atoms with Crippen LogP contribution in [0.5, 0.6) is 0 Å². The van der Waals surface area contributed by atoms with Crippen LogP contribution in [-0.2, 0) is 7.05 Å². The van der Waals surface area contributed by atoms with Crippen molar-refractivity contribution in [3.05, 3.63) is 66.7 Å². The van der Waals surface area contributed by atoms with E-state index in [0.29, 0.717) is 17.3 Å². The van der Waals surface area contributed by atoms with Gasteiger partial charge in [-0.15, -0.1) is 10.2 Å². The second-order valence-electron chi connectivity index (χ2n) is 5.43. The van der Waals surface area contributed by atoms with Crippen molar-refractivity contribution in [2.45, 2.75) is 0 Å². The Kier molecular flexibility index (Phi) is 3.35. The SMILES string of the molecule is Cn1c(C(=O)Nc2cccc(-c3nnco3)c2)cc2ccccc21. The molecule has 0 aliphatic rings. The topological polar surface area (TPSA) is 73.0 Å². The normalized spacial score (nSPS) is 10.9. The third-order valence-corrected chi connectivity index (χ3v) is 3.91. The first-order valence-corrected chi connectivity index (χ1v) is 7.45. The maximum Gasteiger partial charge on any atom is 0.272 e. The molecule has 0 aliphatic heterocycles. The van der Waals surface area contributed by atoms with E-state index in [9.17, 15) is 4.79 Å². The maximum absolute atomic E-state index is 12.6. The lowest BCUT2D eigenvalue weighted by Gasteiger charge is -2.07. The Morgan fingerprint density at radius 1 is 1.12 bits per heavy atom. The number of carbonyl (C=O) groups excluding carboxylic acids is 1. The van der Waals surface area contributed by atoms with Crippen LogP contribution in [0.4, 0.5) is 5.69 Å². The number of nitrogens with one attached hydrogen (secondary N) is 1. The van der Waals surface area contributed by atoms with E-state index < -0.39 is 0 Å². The summed E-state index contributed by atoms with van der Waals surface area (Å²) in [6.45, 7) is 0. The zero-order valence-electron chi connectivity index (χ0n) is 12.9. The van der Waals surface area contributed by atoms with Crippen LogP contribution in [0.25, 0.3) is 22.4 Å². The van der Waals surface area contributed by atoms with Crippen LogP contribution in [0, 0.1) is 0 Å². The molecule has 0 saturated carbocycles. The lowest BCUT2D eigenvalue weighted by Crippen LogP contribution is -2.15. The van der Waals surface area contributed by atoms with E-state index in [4.69, 9.17) is 4.42 Å². The van der Waals surface area contributed by atoms with Gasteiger partial charge in [0.05, 0.1) is 0 Å². The van der Waals surface area contributed by atoms with Crippen molar-refractivity contribution in [3.8, 4) is 11.5 Å². The van der Waals surface area contributed by atoms with E-state index in [1.807, 2.05) is 60.1 Å². The van der Waals surface area contributed by atoms with Crippen LogP contribution in [0.1, 0.15) is 10.5 Å². The van der Waals surface area contributed by atoms with Crippen LogP contribution in [0.3, 0.4) is 0 Å². The highest BCUT2D eigenvalue weighted by atomic mass is 16.4. The van der Waals surface area contributed by atoms with Gasteiger partial charge < -0.3 is 14.3 Å². The molecule has 0 saturated heterocycles. The summed E-state index contributed by atoms with van der Waals surface area (Å²) in [5.41, 5.74) is 3.03. The predicted octanol–water partition coefficient (Wildman–Crippen LogP) is 3.48. The lowest BCUT2D eigenvalue weighted by molar-refractivity contribution is 0.102. The van der Waals surface area contributed by atoms with Crippen LogP contribution in [0.2, 0.25) is 0 Å². The van der Waals surface area contributed by atoms with E-state index in [2.05, 4.69) is 15.5 Å². The molecule has 24 heavy (non-hydrogen) atoms. The number of para-hydroxylation sites is 1. The van der Waals surface area contributed by atoms with Gasteiger partial charge in [-0.1, -0.05) is 24.3 Å². The van der Waals surface area contributed by atoms with E-state index in [1.54, 1.807) is 6.07 Å². The molecule has 0 bridgehead atoms. The molecule has 2 heterocycles. The minimum Gasteiger partial charge on any atom is -0.423 e. The predicted molar refractivity (Wildman–Crippen MR) is 90.6 cm³/mol. The highest BCUT2D eigenvalue weighted by molar-refractivity contribution is 6.06. The van der Waals surface area contributed by atoms with Crippen molar-refractivity contribution in [3.63, 3.8) is 0 Å². The molecule has 6 heteroatoms. The smallest absolute Gasteiger partial charge is 0.272 e. The Hall–Kier alpha value is -3.41. The van der Waals surface area contributed by atoms with Crippen molar-refractivity contribution in [2.75, 3.05) is 5.32 Å². The number of hydrogen-bond acceptors (Lipinski definition) is 4. The number of benzene rings is 2. The molecule has 0 unspecified atom stereocenters. The summed E-state index contributed by atoms with van der Waals surface area (Å²) in [5.74, 6) is 0.243. The Morgan fingerprint density at radius 2 is 2.00 bits per heavy atom. The lowest BCUT2D eigenvalue weighted by atomic mass is 10.2. The number of hydrogen-bond donors (Lipinski definition) is 1.